The zero-order valence-electron chi connectivity index (χ0n) is 17.4. The van der Waals surface area contributed by atoms with Gasteiger partial charge in [-0.2, -0.15) is 9.97 Å². The number of nitrogens with zero attached hydrogens (tertiary/aromatic N) is 5. The lowest BCUT2D eigenvalue weighted by molar-refractivity contribution is -0.383. The molecule has 31 heavy (non-hydrogen) atoms. The first-order chi connectivity index (χ1) is 14.9. The molecule has 3 rings (SSSR count). The Morgan fingerprint density at radius 2 is 2.03 bits per heavy atom. The average Bonchev–Trinajstić information content (AvgIpc) is 3.20. The molecule has 11 heteroatoms. The predicted octanol–water partition coefficient (Wildman–Crippen LogP) is 2.42. The van der Waals surface area contributed by atoms with Crippen molar-refractivity contribution in [2.24, 2.45) is 0 Å². The number of thiol groups is 1. The van der Waals surface area contributed by atoms with Crippen LogP contribution in [-0.2, 0) is 22.6 Å². The highest BCUT2D eigenvalue weighted by Crippen LogP contribution is 2.32. The largest absolute Gasteiger partial charge is 0.465 e. The minimum absolute atomic E-state index is 0.0188. The van der Waals surface area contributed by atoms with E-state index in [4.69, 9.17) is 10.5 Å². The van der Waals surface area contributed by atoms with Crippen molar-refractivity contribution in [2.75, 3.05) is 36.9 Å². The molecule has 1 aliphatic heterocycles. The normalized spacial score (nSPS) is 13.9. The Balaban J connectivity index is 1.92. The Morgan fingerprint density at radius 3 is 2.71 bits per heavy atom. The van der Waals surface area contributed by atoms with Crippen LogP contribution in [0.4, 0.5) is 17.3 Å². The summed E-state index contributed by atoms with van der Waals surface area (Å²) in [6.07, 6.45) is 2.41. The molecule has 2 aromatic rings. The second-order valence-electron chi connectivity index (χ2n) is 7.30. The number of anilines is 2. The molecule has 0 atom stereocenters. The van der Waals surface area contributed by atoms with Gasteiger partial charge in [-0.3, -0.25) is 19.8 Å². The van der Waals surface area contributed by atoms with Crippen molar-refractivity contribution in [1.29, 1.82) is 0 Å². The van der Waals surface area contributed by atoms with Crippen LogP contribution in [0.1, 0.15) is 30.9 Å². The molecule has 166 valence electrons. The van der Waals surface area contributed by atoms with Gasteiger partial charge in [0.15, 0.2) is 5.16 Å². The fourth-order valence-corrected chi connectivity index (χ4v) is 3.86. The molecule has 2 heterocycles. The second kappa shape index (κ2) is 10.4. The summed E-state index contributed by atoms with van der Waals surface area (Å²) in [5, 5.41) is 11.6. The van der Waals surface area contributed by atoms with Gasteiger partial charge in [0.25, 0.3) is 0 Å². The molecule has 1 aromatic heterocycles. The summed E-state index contributed by atoms with van der Waals surface area (Å²) < 4.78 is 5.05. The van der Waals surface area contributed by atoms with Crippen molar-refractivity contribution >= 4 is 35.9 Å². The molecular formula is C20H26N6O4S. The number of nitrogen functional groups attached to an aromatic ring is 1. The molecule has 0 bridgehead atoms. The van der Waals surface area contributed by atoms with Gasteiger partial charge in [0, 0.05) is 13.1 Å². The number of benzene rings is 1. The van der Waals surface area contributed by atoms with Gasteiger partial charge >= 0.3 is 11.7 Å². The summed E-state index contributed by atoms with van der Waals surface area (Å²) >= 11 is 4.10. The summed E-state index contributed by atoms with van der Waals surface area (Å²) in [4.78, 5) is 35.0. The van der Waals surface area contributed by atoms with Gasteiger partial charge in [-0.1, -0.05) is 24.3 Å². The maximum Gasteiger partial charge on any atom is 0.353 e. The molecule has 0 unspecified atom stereocenters. The third-order valence-electron chi connectivity index (χ3n) is 4.96. The fourth-order valence-electron chi connectivity index (χ4n) is 3.66. The molecule has 0 amide bonds. The van der Waals surface area contributed by atoms with Gasteiger partial charge in [-0.25, -0.2) is 0 Å². The summed E-state index contributed by atoms with van der Waals surface area (Å²) in [7, 11) is 0. The van der Waals surface area contributed by atoms with E-state index in [1.165, 1.54) is 17.7 Å². The second-order valence-corrected chi connectivity index (χ2v) is 7.70. The summed E-state index contributed by atoms with van der Waals surface area (Å²) in [5.74, 6) is -0.903. The van der Waals surface area contributed by atoms with Gasteiger partial charge in [0.1, 0.15) is 6.54 Å². The lowest BCUT2D eigenvalue weighted by atomic mass is 10.1. The van der Waals surface area contributed by atoms with Gasteiger partial charge in [-0.15, -0.1) is 12.6 Å². The maximum atomic E-state index is 12.2. The standard InChI is InChI=1S/C20H26N6O4S/c1-2-30-16(27)13-25(19-17(26(28)29)18(21)22-20(31)23-19)12-15-7-5-6-14(10-15)11-24-8-3-4-9-24/h5-7,10H,2-4,8-9,11-13H2,1H3,(H3,21,22,23,31). The van der Waals surface area contributed by atoms with E-state index in [0.717, 1.165) is 30.8 Å². The highest BCUT2D eigenvalue weighted by molar-refractivity contribution is 7.80. The molecule has 0 spiro atoms. The molecule has 0 radical (unpaired) electrons. The van der Waals surface area contributed by atoms with E-state index in [1.807, 2.05) is 18.2 Å². The van der Waals surface area contributed by atoms with Crippen LogP contribution in [0, 0.1) is 10.1 Å². The van der Waals surface area contributed by atoms with E-state index in [1.54, 1.807) is 6.92 Å². The Bertz CT molecular complexity index is 951. The van der Waals surface area contributed by atoms with E-state index < -0.39 is 16.6 Å². The SMILES string of the molecule is CCOC(=O)CN(Cc1cccc(CN2CCCC2)c1)c1nc(S)nc(N)c1[N+](=O)[O-]. The van der Waals surface area contributed by atoms with Crippen LogP contribution in [0.2, 0.25) is 0 Å². The fraction of sp³-hybridized carbons (Fsp3) is 0.450. The smallest absolute Gasteiger partial charge is 0.353 e. The maximum absolute atomic E-state index is 12.2. The third-order valence-corrected chi connectivity index (χ3v) is 5.16. The zero-order chi connectivity index (χ0) is 22.4. The lowest BCUT2D eigenvalue weighted by Gasteiger charge is -2.23. The van der Waals surface area contributed by atoms with E-state index in [2.05, 4.69) is 33.6 Å². The molecule has 1 saturated heterocycles. The molecule has 1 aromatic carbocycles. The highest BCUT2D eigenvalue weighted by atomic mass is 32.1. The van der Waals surface area contributed by atoms with Gasteiger partial charge in [0.05, 0.1) is 11.5 Å². The molecule has 0 saturated carbocycles. The van der Waals surface area contributed by atoms with Gasteiger partial charge in [-0.05, 0) is 44.0 Å². The van der Waals surface area contributed by atoms with Crippen molar-refractivity contribution in [3.05, 3.63) is 45.5 Å². The van der Waals surface area contributed by atoms with Crippen LogP contribution in [0.15, 0.2) is 29.4 Å². The Hall–Kier alpha value is -2.92. The number of ether oxygens (including phenoxy) is 1. The van der Waals surface area contributed by atoms with Crippen molar-refractivity contribution in [3.8, 4) is 0 Å². The number of hydrogen-bond acceptors (Lipinski definition) is 10. The first-order valence-corrected chi connectivity index (χ1v) is 10.5. The molecule has 1 aliphatic rings. The lowest BCUT2D eigenvalue weighted by Crippen LogP contribution is -2.32. The molecule has 1 fully saturated rings. The molecule has 10 nitrogen and oxygen atoms in total. The van der Waals surface area contributed by atoms with Crippen molar-refractivity contribution in [1.82, 2.24) is 14.9 Å². The van der Waals surface area contributed by atoms with Crippen LogP contribution in [-0.4, -0.2) is 52.0 Å². The monoisotopic (exact) mass is 446 g/mol. The Labute approximate surface area is 186 Å². The van der Waals surface area contributed by atoms with Crippen LogP contribution in [0.25, 0.3) is 0 Å². The highest BCUT2D eigenvalue weighted by Gasteiger charge is 2.28. The van der Waals surface area contributed by atoms with Crippen molar-refractivity contribution < 1.29 is 14.5 Å². The third kappa shape index (κ3) is 6.05. The van der Waals surface area contributed by atoms with Gasteiger partial charge < -0.3 is 15.4 Å². The number of carbonyl (C=O) groups excluding carboxylic acids is 1. The predicted molar refractivity (Wildman–Crippen MR) is 119 cm³/mol. The van der Waals surface area contributed by atoms with Crippen LogP contribution < -0.4 is 10.6 Å². The van der Waals surface area contributed by atoms with Crippen LogP contribution in [0.5, 0.6) is 0 Å². The number of nitrogens with two attached hydrogens (primary N) is 1. The number of rotatable bonds is 9. The van der Waals surface area contributed by atoms with E-state index in [9.17, 15) is 14.9 Å². The quantitative estimate of drug-likeness (QED) is 0.196. The zero-order valence-corrected chi connectivity index (χ0v) is 18.3. The number of carbonyl (C=O) groups is 1. The van der Waals surface area contributed by atoms with Crippen LogP contribution >= 0.6 is 12.6 Å². The summed E-state index contributed by atoms with van der Waals surface area (Å²) in [5.41, 5.74) is 7.33. The number of nitro groups is 1. The number of aromatic nitrogens is 2. The number of esters is 1. The molecule has 2 N–H and O–H groups in total. The van der Waals surface area contributed by atoms with E-state index >= 15 is 0 Å². The first kappa shape index (κ1) is 22.8. The molecular weight excluding hydrogens is 420 g/mol. The topological polar surface area (TPSA) is 128 Å². The first-order valence-electron chi connectivity index (χ1n) is 10.1. The molecule has 0 aliphatic carbocycles. The van der Waals surface area contributed by atoms with Gasteiger partial charge in [0.2, 0.25) is 11.6 Å². The number of likely N-dealkylation sites (tertiary alicyclic amines) is 1. The average molecular weight is 447 g/mol. The minimum atomic E-state index is -0.653. The van der Waals surface area contributed by atoms with E-state index in [-0.39, 0.29) is 36.5 Å². The minimum Gasteiger partial charge on any atom is -0.465 e. The van der Waals surface area contributed by atoms with Crippen LogP contribution in [0.3, 0.4) is 0 Å². The van der Waals surface area contributed by atoms with Crippen molar-refractivity contribution in [3.63, 3.8) is 0 Å². The number of hydrogen-bond donors (Lipinski definition) is 2. The van der Waals surface area contributed by atoms with E-state index in [0.29, 0.717) is 0 Å². The Morgan fingerprint density at radius 1 is 1.32 bits per heavy atom. The summed E-state index contributed by atoms with van der Waals surface area (Å²) in [6.45, 7) is 4.87. The van der Waals surface area contributed by atoms with Crippen molar-refractivity contribution in [2.45, 2.75) is 38.0 Å². The Kier molecular flexibility index (Phi) is 7.64. The summed E-state index contributed by atoms with van der Waals surface area (Å²) in [6, 6.07) is 7.93.